The summed E-state index contributed by atoms with van der Waals surface area (Å²) in [6, 6.07) is 2.62. The first-order valence-electron chi connectivity index (χ1n) is 6.33. The van der Waals surface area contributed by atoms with Gasteiger partial charge in [-0.05, 0) is 25.0 Å². The number of carbonyl (C=O) groups excluding carboxylic acids is 2. The van der Waals surface area contributed by atoms with Crippen molar-refractivity contribution in [1.82, 2.24) is 15.2 Å². The fraction of sp³-hybridized carbons (Fsp3) is 0.385. The van der Waals surface area contributed by atoms with Gasteiger partial charge in [0.2, 0.25) is 5.91 Å². The van der Waals surface area contributed by atoms with Crippen molar-refractivity contribution in [1.29, 1.82) is 0 Å². The second-order valence-corrected chi connectivity index (χ2v) is 4.51. The van der Waals surface area contributed by atoms with Crippen molar-refractivity contribution >= 4 is 17.8 Å². The molecule has 2 amide bonds. The van der Waals surface area contributed by atoms with Crippen LogP contribution in [-0.4, -0.2) is 52.4 Å². The Morgan fingerprint density at radius 3 is 2.50 bits per heavy atom. The van der Waals surface area contributed by atoms with Gasteiger partial charge in [0, 0.05) is 19.3 Å². The molecular weight excluding hydrogens is 262 g/mol. The summed E-state index contributed by atoms with van der Waals surface area (Å²) < 4.78 is 0. The van der Waals surface area contributed by atoms with Crippen LogP contribution in [0.15, 0.2) is 18.3 Å². The zero-order chi connectivity index (χ0) is 14.5. The maximum Gasteiger partial charge on any atom is 0.354 e. The van der Waals surface area contributed by atoms with Gasteiger partial charge in [0.25, 0.3) is 5.91 Å². The number of aromatic carboxylic acids is 1. The zero-order valence-corrected chi connectivity index (χ0v) is 10.8. The number of carboxylic acid groups (broad SMARTS) is 1. The minimum absolute atomic E-state index is 0.0560. The van der Waals surface area contributed by atoms with Crippen molar-refractivity contribution in [3.63, 3.8) is 0 Å². The van der Waals surface area contributed by atoms with E-state index in [-0.39, 0.29) is 23.7 Å². The monoisotopic (exact) mass is 277 g/mol. The third-order valence-corrected chi connectivity index (χ3v) is 3.10. The van der Waals surface area contributed by atoms with E-state index in [1.165, 1.54) is 18.3 Å². The number of nitrogens with one attached hydrogen (secondary N) is 1. The van der Waals surface area contributed by atoms with Gasteiger partial charge in [0.15, 0.2) is 0 Å². The molecule has 1 aromatic rings. The molecular formula is C13H15N3O4. The van der Waals surface area contributed by atoms with E-state index in [1.807, 2.05) is 0 Å². The molecule has 0 saturated carbocycles. The van der Waals surface area contributed by atoms with Crippen molar-refractivity contribution < 1.29 is 19.5 Å². The Hall–Kier alpha value is -2.44. The van der Waals surface area contributed by atoms with Crippen LogP contribution < -0.4 is 5.32 Å². The average molecular weight is 277 g/mol. The highest BCUT2D eigenvalue weighted by Gasteiger charge is 2.18. The molecule has 1 aromatic heterocycles. The lowest BCUT2D eigenvalue weighted by atomic mass is 10.2. The number of pyridine rings is 1. The van der Waals surface area contributed by atoms with Gasteiger partial charge in [0.05, 0.1) is 12.1 Å². The molecule has 1 fully saturated rings. The predicted molar refractivity (Wildman–Crippen MR) is 69.3 cm³/mol. The van der Waals surface area contributed by atoms with Gasteiger partial charge in [-0.15, -0.1) is 0 Å². The summed E-state index contributed by atoms with van der Waals surface area (Å²) in [6.07, 6.45) is 3.18. The van der Waals surface area contributed by atoms with E-state index in [0.29, 0.717) is 0 Å². The van der Waals surface area contributed by atoms with E-state index >= 15 is 0 Å². The van der Waals surface area contributed by atoms with Gasteiger partial charge in [0.1, 0.15) is 5.69 Å². The van der Waals surface area contributed by atoms with Crippen LogP contribution in [0.4, 0.5) is 0 Å². The molecule has 7 heteroatoms. The Labute approximate surface area is 115 Å². The molecule has 2 heterocycles. The molecule has 0 spiro atoms. The van der Waals surface area contributed by atoms with Gasteiger partial charge in [-0.2, -0.15) is 0 Å². The number of nitrogens with zero attached hydrogens (tertiary/aromatic N) is 2. The molecule has 20 heavy (non-hydrogen) atoms. The Morgan fingerprint density at radius 1 is 1.25 bits per heavy atom. The Kier molecular flexibility index (Phi) is 4.29. The van der Waals surface area contributed by atoms with Crippen molar-refractivity contribution in [2.75, 3.05) is 19.6 Å². The fourth-order valence-corrected chi connectivity index (χ4v) is 1.99. The first-order chi connectivity index (χ1) is 9.58. The lowest BCUT2D eigenvalue weighted by molar-refractivity contribution is -0.129. The van der Waals surface area contributed by atoms with Crippen LogP contribution in [0.3, 0.4) is 0 Å². The molecule has 1 saturated heterocycles. The number of carbonyl (C=O) groups is 3. The summed E-state index contributed by atoms with van der Waals surface area (Å²) in [7, 11) is 0. The van der Waals surface area contributed by atoms with E-state index in [0.717, 1.165) is 25.9 Å². The van der Waals surface area contributed by atoms with E-state index in [2.05, 4.69) is 10.3 Å². The second kappa shape index (κ2) is 6.14. The smallest absolute Gasteiger partial charge is 0.354 e. The van der Waals surface area contributed by atoms with Crippen LogP contribution in [0.25, 0.3) is 0 Å². The van der Waals surface area contributed by atoms with Gasteiger partial charge >= 0.3 is 5.97 Å². The van der Waals surface area contributed by atoms with Crippen molar-refractivity contribution in [3.8, 4) is 0 Å². The van der Waals surface area contributed by atoms with Crippen LogP contribution in [0, 0.1) is 0 Å². The highest BCUT2D eigenvalue weighted by Crippen LogP contribution is 2.07. The van der Waals surface area contributed by atoms with Crippen LogP contribution in [0.1, 0.15) is 33.7 Å². The predicted octanol–water partition coefficient (Wildman–Crippen LogP) is 0.132. The number of hydrogen-bond acceptors (Lipinski definition) is 4. The Balaban J connectivity index is 1.88. The normalized spacial score (nSPS) is 14.1. The SMILES string of the molecule is O=C(NCC(=O)N1CCCC1)c1ccc(C(=O)O)nc1. The molecule has 2 rings (SSSR count). The molecule has 7 nitrogen and oxygen atoms in total. The summed E-state index contributed by atoms with van der Waals surface area (Å²) in [4.78, 5) is 39.5. The van der Waals surface area contributed by atoms with Gasteiger partial charge in [-0.3, -0.25) is 9.59 Å². The average Bonchev–Trinajstić information content (AvgIpc) is 2.98. The van der Waals surface area contributed by atoms with Crippen LogP contribution in [0.2, 0.25) is 0 Å². The standard InChI is InChI=1S/C13H15N3O4/c17-11(16-5-1-2-6-16)8-15-12(18)9-3-4-10(13(19)20)14-7-9/h3-4,7H,1-2,5-6,8H2,(H,15,18)(H,19,20). The Bertz CT molecular complexity index is 521. The minimum Gasteiger partial charge on any atom is -0.477 e. The first kappa shape index (κ1) is 14.0. The highest BCUT2D eigenvalue weighted by atomic mass is 16.4. The molecule has 0 radical (unpaired) electrons. The van der Waals surface area contributed by atoms with Crippen molar-refractivity contribution in [2.45, 2.75) is 12.8 Å². The fourth-order valence-electron chi connectivity index (χ4n) is 1.99. The zero-order valence-electron chi connectivity index (χ0n) is 10.8. The largest absolute Gasteiger partial charge is 0.477 e. The van der Waals surface area contributed by atoms with E-state index in [9.17, 15) is 14.4 Å². The number of rotatable bonds is 4. The maximum absolute atomic E-state index is 11.8. The molecule has 0 unspecified atom stereocenters. The third kappa shape index (κ3) is 3.31. The quantitative estimate of drug-likeness (QED) is 0.815. The van der Waals surface area contributed by atoms with Crippen LogP contribution in [-0.2, 0) is 4.79 Å². The summed E-state index contributed by atoms with van der Waals surface area (Å²) in [5, 5.41) is 11.2. The van der Waals surface area contributed by atoms with Crippen LogP contribution >= 0.6 is 0 Å². The number of likely N-dealkylation sites (tertiary alicyclic amines) is 1. The van der Waals surface area contributed by atoms with Crippen LogP contribution in [0.5, 0.6) is 0 Å². The molecule has 1 aliphatic heterocycles. The number of aromatic nitrogens is 1. The lowest BCUT2D eigenvalue weighted by Gasteiger charge is -2.15. The number of hydrogen-bond donors (Lipinski definition) is 2. The van der Waals surface area contributed by atoms with Gasteiger partial charge in [-0.1, -0.05) is 0 Å². The molecule has 106 valence electrons. The van der Waals surface area contributed by atoms with Crippen molar-refractivity contribution in [2.24, 2.45) is 0 Å². The molecule has 0 atom stereocenters. The third-order valence-electron chi connectivity index (χ3n) is 3.10. The number of carboxylic acids is 1. The summed E-state index contributed by atoms with van der Waals surface area (Å²) in [6.45, 7) is 1.42. The summed E-state index contributed by atoms with van der Waals surface area (Å²) in [5.74, 6) is -1.70. The summed E-state index contributed by atoms with van der Waals surface area (Å²) in [5.41, 5.74) is 0.0962. The lowest BCUT2D eigenvalue weighted by Crippen LogP contribution is -2.38. The molecule has 2 N–H and O–H groups in total. The topological polar surface area (TPSA) is 99.6 Å². The molecule has 0 aromatic carbocycles. The molecule has 0 aliphatic carbocycles. The van der Waals surface area contributed by atoms with Gasteiger partial charge < -0.3 is 15.3 Å². The molecule has 1 aliphatic rings. The number of amides is 2. The van der Waals surface area contributed by atoms with E-state index in [1.54, 1.807) is 4.90 Å². The highest BCUT2D eigenvalue weighted by molar-refractivity contribution is 5.96. The maximum atomic E-state index is 11.8. The van der Waals surface area contributed by atoms with E-state index < -0.39 is 11.9 Å². The summed E-state index contributed by atoms with van der Waals surface area (Å²) >= 11 is 0. The first-order valence-corrected chi connectivity index (χ1v) is 6.33. The van der Waals surface area contributed by atoms with E-state index in [4.69, 9.17) is 5.11 Å². The molecule has 0 bridgehead atoms. The van der Waals surface area contributed by atoms with Crippen molar-refractivity contribution in [3.05, 3.63) is 29.6 Å². The van der Waals surface area contributed by atoms with Gasteiger partial charge in [-0.25, -0.2) is 9.78 Å². The minimum atomic E-state index is -1.15. The second-order valence-electron chi connectivity index (χ2n) is 4.51. The Morgan fingerprint density at radius 2 is 1.95 bits per heavy atom.